The number of methoxy groups -OCH3 is 3. The average molecular weight is 487 g/mol. The minimum absolute atomic E-state index is 0. The molecule has 0 aliphatic carbocycles. The van der Waals surface area contributed by atoms with Crippen molar-refractivity contribution in [1.29, 1.82) is 0 Å². The number of nitrogens with one attached hydrogen (secondary N) is 1. The molecule has 7 nitrogen and oxygen atoms in total. The molecule has 182 valence electrons. The van der Waals surface area contributed by atoms with Gasteiger partial charge in [-0.05, 0) is 67.8 Å². The van der Waals surface area contributed by atoms with E-state index in [0.717, 1.165) is 23.1 Å². The number of ether oxygens (including phenoxy) is 4. The van der Waals surface area contributed by atoms with Gasteiger partial charge in [0.1, 0.15) is 5.75 Å². The molecular formula is C26H31ClN2O5. The molecule has 0 spiro atoms. The molecule has 34 heavy (non-hydrogen) atoms. The van der Waals surface area contributed by atoms with E-state index in [0.29, 0.717) is 29.5 Å². The highest BCUT2D eigenvalue weighted by Crippen LogP contribution is 2.48. The quantitative estimate of drug-likeness (QED) is 0.426. The minimum Gasteiger partial charge on any atom is -0.492 e. The van der Waals surface area contributed by atoms with E-state index >= 15 is 0 Å². The van der Waals surface area contributed by atoms with E-state index in [1.165, 1.54) is 21.3 Å². The first-order chi connectivity index (χ1) is 15.9. The molecule has 0 fully saturated rings. The Balaban J connectivity index is 0.00000408. The van der Waals surface area contributed by atoms with Crippen LogP contribution in [0.25, 0.3) is 0 Å². The molecule has 0 saturated heterocycles. The number of halogens is 1. The zero-order valence-corrected chi connectivity index (χ0v) is 20.9. The molecule has 3 N–H and O–H groups in total. The van der Waals surface area contributed by atoms with Gasteiger partial charge in [-0.1, -0.05) is 18.2 Å². The second-order valence-electron chi connectivity index (χ2n) is 7.56. The summed E-state index contributed by atoms with van der Waals surface area (Å²) >= 11 is 0. The van der Waals surface area contributed by atoms with Crippen LogP contribution < -0.4 is 30.0 Å². The number of carbonyl (C=O) groups is 1. The predicted molar refractivity (Wildman–Crippen MR) is 136 cm³/mol. The third kappa shape index (κ3) is 5.92. The number of hydrogen-bond acceptors (Lipinski definition) is 6. The van der Waals surface area contributed by atoms with Gasteiger partial charge in [-0.25, -0.2) is 0 Å². The van der Waals surface area contributed by atoms with E-state index in [1.54, 1.807) is 6.07 Å². The lowest BCUT2D eigenvalue weighted by Gasteiger charge is -2.19. The minimum atomic E-state index is -0.362. The van der Waals surface area contributed by atoms with Gasteiger partial charge < -0.3 is 30.0 Å². The van der Waals surface area contributed by atoms with Crippen molar-refractivity contribution in [3.63, 3.8) is 0 Å². The fourth-order valence-corrected chi connectivity index (χ4v) is 3.46. The summed E-state index contributed by atoms with van der Waals surface area (Å²) in [5, 5.41) is 2.92. The third-order valence-corrected chi connectivity index (χ3v) is 5.36. The van der Waals surface area contributed by atoms with Gasteiger partial charge in [-0.15, -0.1) is 12.4 Å². The van der Waals surface area contributed by atoms with Crippen LogP contribution in [-0.4, -0.2) is 33.8 Å². The van der Waals surface area contributed by atoms with Gasteiger partial charge in [0.15, 0.2) is 11.5 Å². The molecule has 0 aliphatic rings. The second-order valence-corrected chi connectivity index (χ2v) is 7.56. The summed E-state index contributed by atoms with van der Waals surface area (Å²) in [5.41, 5.74) is 9.89. The largest absolute Gasteiger partial charge is 0.492 e. The Labute approximate surface area is 206 Å². The summed E-state index contributed by atoms with van der Waals surface area (Å²) in [6.07, 6.45) is 0.781. The Morgan fingerprint density at radius 1 is 0.853 bits per heavy atom. The van der Waals surface area contributed by atoms with Crippen molar-refractivity contribution < 1.29 is 23.7 Å². The summed E-state index contributed by atoms with van der Waals surface area (Å²) in [5.74, 6) is 1.39. The lowest BCUT2D eigenvalue weighted by Crippen LogP contribution is -2.14. The molecule has 1 amide bonds. The predicted octanol–water partition coefficient (Wildman–Crippen LogP) is 5.30. The number of aryl methyl sites for hydroxylation is 2. The maximum atomic E-state index is 13.2. The molecule has 0 radical (unpaired) electrons. The summed E-state index contributed by atoms with van der Waals surface area (Å²) in [6, 6.07) is 14.9. The van der Waals surface area contributed by atoms with Gasteiger partial charge in [-0.2, -0.15) is 0 Å². The van der Waals surface area contributed by atoms with Crippen molar-refractivity contribution >= 4 is 24.0 Å². The second kappa shape index (κ2) is 12.2. The third-order valence-electron chi connectivity index (χ3n) is 5.36. The maximum absolute atomic E-state index is 13.2. The number of nitrogens with two attached hydrogens (primary N) is 1. The molecule has 0 aliphatic heterocycles. The van der Waals surface area contributed by atoms with Gasteiger partial charge in [0, 0.05) is 11.8 Å². The summed E-state index contributed by atoms with van der Waals surface area (Å²) in [4.78, 5) is 13.2. The molecule has 3 aromatic carbocycles. The number of hydrogen-bond donors (Lipinski definition) is 2. The molecule has 3 aromatic rings. The Hall–Kier alpha value is -3.42. The van der Waals surface area contributed by atoms with Crippen LogP contribution >= 0.6 is 12.4 Å². The number of rotatable bonds is 9. The molecule has 0 unspecified atom stereocenters. The number of anilines is 1. The highest BCUT2D eigenvalue weighted by atomic mass is 35.5. The standard InChI is InChI=1S/C26H30N2O5.ClH/c1-16-6-9-19(14-17(16)2)28-26(29)21-15-22(24(31-4)25(32-5)23(21)30-3)33-20-10-7-18(8-11-20)12-13-27;/h6-11,14-15H,12-13,27H2,1-5H3,(H,28,29);1H. The molecule has 8 heteroatoms. The topological polar surface area (TPSA) is 92.0 Å². The first-order valence-electron chi connectivity index (χ1n) is 10.6. The summed E-state index contributed by atoms with van der Waals surface area (Å²) in [7, 11) is 4.46. The molecule has 0 bridgehead atoms. The lowest BCUT2D eigenvalue weighted by atomic mass is 10.1. The van der Waals surface area contributed by atoms with E-state index in [4.69, 9.17) is 24.7 Å². The fraction of sp³-hybridized carbons (Fsp3) is 0.269. The van der Waals surface area contributed by atoms with Crippen LogP contribution in [0.5, 0.6) is 28.7 Å². The van der Waals surface area contributed by atoms with E-state index < -0.39 is 0 Å². The first-order valence-corrected chi connectivity index (χ1v) is 10.6. The molecular weight excluding hydrogens is 456 g/mol. The molecule has 0 aromatic heterocycles. The Bertz CT molecular complexity index is 1130. The van der Waals surface area contributed by atoms with Gasteiger partial charge >= 0.3 is 0 Å². The first kappa shape index (κ1) is 26.8. The highest BCUT2D eigenvalue weighted by Gasteiger charge is 2.26. The summed E-state index contributed by atoms with van der Waals surface area (Å²) in [6.45, 7) is 4.58. The van der Waals surface area contributed by atoms with Crippen molar-refractivity contribution in [2.45, 2.75) is 20.3 Å². The van der Waals surface area contributed by atoms with Crippen molar-refractivity contribution in [3.8, 4) is 28.7 Å². The lowest BCUT2D eigenvalue weighted by molar-refractivity contribution is 0.102. The maximum Gasteiger partial charge on any atom is 0.259 e. The van der Waals surface area contributed by atoms with Gasteiger partial charge in [-0.3, -0.25) is 4.79 Å². The molecule has 3 rings (SSSR count). The van der Waals surface area contributed by atoms with Gasteiger partial charge in [0.25, 0.3) is 5.91 Å². The van der Waals surface area contributed by atoms with Crippen LogP contribution in [0, 0.1) is 13.8 Å². The molecule has 0 heterocycles. The zero-order valence-electron chi connectivity index (χ0n) is 20.1. The van der Waals surface area contributed by atoms with Gasteiger partial charge in [0.2, 0.25) is 11.5 Å². The zero-order chi connectivity index (χ0) is 24.0. The highest BCUT2D eigenvalue weighted by molar-refractivity contribution is 6.07. The SMILES string of the molecule is COc1c(Oc2ccc(CCN)cc2)cc(C(=O)Nc2ccc(C)c(C)c2)c(OC)c1OC.Cl. The van der Waals surface area contributed by atoms with Crippen LogP contribution in [0.4, 0.5) is 5.69 Å². The summed E-state index contributed by atoms with van der Waals surface area (Å²) < 4.78 is 22.7. The number of benzene rings is 3. The van der Waals surface area contributed by atoms with E-state index in [9.17, 15) is 4.79 Å². The number of amides is 1. The number of carbonyl (C=O) groups excluding carboxylic acids is 1. The van der Waals surface area contributed by atoms with Crippen molar-refractivity contribution in [2.24, 2.45) is 5.73 Å². The average Bonchev–Trinajstić information content (AvgIpc) is 2.81. The van der Waals surface area contributed by atoms with Crippen molar-refractivity contribution in [3.05, 3.63) is 70.8 Å². The van der Waals surface area contributed by atoms with E-state index in [2.05, 4.69) is 5.32 Å². The molecule has 0 atom stereocenters. The van der Waals surface area contributed by atoms with Gasteiger partial charge in [0.05, 0.1) is 26.9 Å². The monoisotopic (exact) mass is 486 g/mol. The molecule has 0 saturated carbocycles. The Kier molecular flexibility index (Phi) is 9.59. The van der Waals surface area contributed by atoms with Crippen LogP contribution in [0.15, 0.2) is 48.5 Å². The van der Waals surface area contributed by atoms with E-state index in [1.807, 2.05) is 56.3 Å². The van der Waals surface area contributed by atoms with Crippen LogP contribution in [-0.2, 0) is 6.42 Å². The van der Waals surface area contributed by atoms with Crippen LogP contribution in [0.2, 0.25) is 0 Å². The van der Waals surface area contributed by atoms with Crippen molar-refractivity contribution in [2.75, 3.05) is 33.2 Å². The van der Waals surface area contributed by atoms with Crippen molar-refractivity contribution in [1.82, 2.24) is 0 Å². The normalized spacial score (nSPS) is 10.2. The van der Waals surface area contributed by atoms with Crippen LogP contribution in [0.1, 0.15) is 27.0 Å². The Morgan fingerprint density at radius 2 is 1.50 bits per heavy atom. The van der Waals surface area contributed by atoms with Crippen LogP contribution in [0.3, 0.4) is 0 Å². The van der Waals surface area contributed by atoms with E-state index in [-0.39, 0.29) is 35.4 Å². The smallest absolute Gasteiger partial charge is 0.259 e. The fourth-order valence-electron chi connectivity index (χ4n) is 3.46. The Morgan fingerprint density at radius 3 is 2.06 bits per heavy atom.